The number of rotatable bonds is 7. The summed E-state index contributed by atoms with van der Waals surface area (Å²) in [7, 11) is 0. The Kier molecular flexibility index (Phi) is 5.51. The van der Waals surface area contributed by atoms with Crippen molar-refractivity contribution in [3.05, 3.63) is 69.4 Å². The van der Waals surface area contributed by atoms with E-state index in [-0.39, 0.29) is 11.3 Å². The van der Waals surface area contributed by atoms with E-state index >= 15 is 0 Å². The first-order valence-corrected chi connectivity index (χ1v) is 10.1. The van der Waals surface area contributed by atoms with Gasteiger partial charge >= 0.3 is 5.97 Å². The fourth-order valence-corrected chi connectivity index (χ4v) is 3.98. The molecule has 6 heteroatoms. The lowest BCUT2D eigenvalue weighted by atomic mass is 9.95. The monoisotopic (exact) mass is 397 g/mol. The number of pyridine rings is 1. The van der Waals surface area contributed by atoms with Crippen molar-refractivity contribution in [1.29, 1.82) is 0 Å². The van der Waals surface area contributed by atoms with Crippen molar-refractivity contribution >= 4 is 11.5 Å². The number of hydrogen-bond acceptors (Lipinski definition) is 3. The molecule has 0 radical (unpaired) electrons. The highest BCUT2D eigenvalue weighted by Gasteiger charge is 2.26. The third-order valence-corrected chi connectivity index (χ3v) is 5.64. The van der Waals surface area contributed by atoms with Crippen LogP contribution in [0.1, 0.15) is 61.3 Å². The molecule has 2 N–H and O–H groups in total. The van der Waals surface area contributed by atoms with Crippen LogP contribution in [0, 0.1) is 11.7 Å². The van der Waals surface area contributed by atoms with Gasteiger partial charge in [0, 0.05) is 16.8 Å². The smallest absolute Gasteiger partial charge is 0.341 e. The van der Waals surface area contributed by atoms with E-state index in [1.54, 1.807) is 6.07 Å². The van der Waals surface area contributed by atoms with E-state index in [9.17, 15) is 14.0 Å². The topological polar surface area (TPSA) is 79.4 Å². The third kappa shape index (κ3) is 4.58. The van der Waals surface area contributed by atoms with Gasteiger partial charge in [0.05, 0.1) is 0 Å². The summed E-state index contributed by atoms with van der Waals surface area (Å²) in [4.78, 5) is 26.2. The summed E-state index contributed by atoms with van der Waals surface area (Å²) in [5.74, 6) is -1.14. The van der Waals surface area contributed by atoms with Gasteiger partial charge in [-0.2, -0.15) is 0 Å². The SMILES string of the molecule is O=C(O)COc1ccc(/C(=C\C2CCCC2)c2ccc(C3CC3)c(=O)[nH]2)cc1F. The van der Waals surface area contributed by atoms with Crippen LogP contribution in [0.15, 0.2) is 41.2 Å². The predicted octanol–water partition coefficient (Wildman–Crippen LogP) is 4.48. The fraction of sp³-hybridized carbons (Fsp3) is 0.391. The number of carboxylic acids is 1. The zero-order valence-corrected chi connectivity index (χ0v) is 16.1. The second-order valence-electron chi connectivity index (χ2n) is 7.88. The number of aromatic nitrogens is 1. The molecule has 0 amide bonds. The van der Waals surface area contributed by atoms with E-state index in [1.807, 2.05) is 12.1 Å². The van der Waals surface area contributed by atoms with Crippen molar-refractivity contribution in [3.63, 3.8) is 0 Å². The maximum Gasteiger partial charge on any atom is 0.341 e. The van der Waals surface area contributed by atoms with Gasteiger partial charge in [-0.3, -0.25) is 4.79 Å². The van der Waals surface area contributed by atoms with Gasteiger partial charge in [-0.1, -0.05) is 31.1 Å². The van der Waals surface area contributed by atoms with Crippen molar-refractivity contribution < 1.29 is 19.0 Å². The van der Waals surface area contributed by atoms with Crippen LogP contribution in [0.2, 0.25) is 0 Å². The molecule has 29 heavy (non-hydrogen) atoms. The highest BCUT2D eigenvalue weighted by Crippen LogP contribution is 2.39. The maximum atomic E-state index is 14.5. The number of ether oxygens (including phenoxy) is 1. The zero-order chi connectivity index (χ0) is 20.4. The Morgan fingerprint density at radius 2 is 1.93 bits per heavy atom. The summed E-state index contributed by atoms with van der Waals surface area (Å²) in [6, 6.07) is 8.27. The summed E-state index contributed by atoms with van der Waals surface area (Å²) in [6.07, 6.45) is 8.73. The van der Waals surface area contributed by atoms with Crippen LogP contribution >= 0.6 is 0 Å². The van der Waals surface area contributed by atoms with Crippen molar-refractivity contribution in [2.45, 2.75) is 44.4 Å². The van der Waals surface area contributed by atoms with E-state index in [2.05, 4.69) is 11.1 Å². The Labute approximate surface area is 168 Å². The van der Waals surface area contributed by atoms with Crippen molar-refractivity contribution in [2.75, 3.05) is 6.61 Å². The predicted molar refractivity (Wildman–Crippen MR) is 108 cm³/mol. The first kappa shape index (κ1) is 19.4. The number of carbonyl (C=O) groups is 1. The summed E-state index contributed by atoms with van der Waals surface area (Å²) in [5, 5.41) is 8.72. The number of carboxylic acid groups (broad SMARTS) is 1. The molecule has 2 saturated carbocycles. The van der Waals surface area contributed by atoms with E-state index in [0.29, 0.717) is 23.1 Å². The van der Waals surface area contributed by atoms with Gasteiger partial charge in [-0.15, -0.1) is 0 Å². The first-order valence-electron chi connectivity index (χ1n) is 10.1. The van der Waals surface area contributed by atoms with Gasteiger partial charge < -0.3 is 14.8 Å². The highest BCUT2D eigenvalue weighted by molar-refractivity contribution is 5.78. The zero-order valence-electron chi connectivity index (χ0n) is 16.1. The standard InChI is InChI=1S/C23H24FNO4/c24-19-12-16(7-10-21(19)29-13-22(26)27)18(11-14-3-1-2-4-14)20-9-8-17(15-5-6-15)23(28)25-20/h7-12,14-15H,1-6,13H2,(H,25,28)(H,26,27)/b18-11+. The third-order valence-electron chi connectivity index (χ3n) is 5.64. The quantitative estimate of drug-likeness (QED) is 0.722. The van der Waals surface area contributed by atoms with Crippen LogP contribution in [0.4, 0.5) is 4.39 Å². The minimum atomic E-state index is -1.16. The van der Waals surface area contributed by atoms with E-state index in [4.69, 9.17) is 9.84 Å². The van der Waals surface area contributed by atoms with Crippen LogP contribution in [-0.4, -0.2) is 22.7 Å². The van der Waals surface area contributed by atoms with Crippen molar-refractivity contribution in [2.24, 2.45) is 5.92 Å². The van der Waals surface area contributed by atoms with Crippen LogP contribution < -0.4 is 10.3 Å². The van der Waals surface area contributed by atoms with Crippen LogP contribution in [0.5, 0.6) is 5.75 Å². The summed E-state index contributed by atoms with van der Waals surface area (Å²) in [6.45, 7) is -0.600. The molecule has 1 aromatic carbocycles. The lowest BCUT2D eigenvalue weighted by Crippen LogP contribution is -2.14. The Morgan fingerprint density at radius 1 is 1.17 bits per heavy atom. The molecule has 0 atom stereocenters. The lowest BCUT2D eigenvalue weighted by Gasteiger charge is -2.14. The summed E-state index contributed by atoms with van der Waals surface area (Å²) in [5.41, 5.74) is 2.83. The van der Waals surface area contributed by atoms with Gasteiger partial charge in [0.2, 0.25) is 0 Å². The van der Waals surface area contributed by atoms with E-state index in [1.165, 1.54) is 25.0 Å². The van der Waals surface area contributed by atoms with Crippen molar-refractivity contribution in [3.8, 4) is 5.75 Å². The Morgan fingerprint density at radius 3 is 2.55 bits per heavy atom. The molecule has 1 heterocycles. The maximum absolute atomic E-state index is 14.5. The molecular formula is C23H24FNO4. The van der Waals surface area contributed by atoms with Gasteiger partial charge in [-0.05, 0) is 61.3 Å². The number of benzene rings is 1. The molecule has 2 aliphatic rings. The number of nitrogens with one attached hydrogen (secondary N) is 1. The summed E-state index contributed by atoms with van der Waals surface area (Å²) < 4.78 is 19.5. The molecule has 4 rings (SSSR count). The van der Waals surface area contributed by atoms with Crippen LogP contribution in [0.25, 0.3) is 5.57 Å². The minimum absolute atomic E-state index is 0.0794. The average molecular weight is 397 g/mol. The van der Waals surface area contributed by atoms with Crippen molar-refractivity contribution in [1.82, 2.24) is 4.98 Å². The van der Waals surface area contributed by atoms with Crippen LogP contribution in [0.3, 0.4) is 0 Å². The fourth-order valence-electron chi connectivity index (χ4n) is 3.98. The second-order valence-corrected chi connectivity index (χ2v) is 7.88. The number of aliphatic carboxylic acids is 1. The highest BCUT2D eigenvalue weighted by atomic mass is 19.1. The molecule has 1 aromatic heterocycles. The average Bonchev–Trinajstić information content (AvgIpc) is 3.40. The number of allylic oxidation sites excluding steroid dienone is 1. The summed E-state index contributed by atoms with van der Waals surface area (Å²) >= 11 is 0. The molecule has 0 unspecified atom stereocenters. The van der Waals surface area contributed by atoms with Gasteiger partial charge in [0.1, 0.15) is 0 Å². The molecular weight excluding hydrogens is 373 g/mol. The Hall–Kier alpha value is -2.89. The molecule has 0 bridgehead atoms. The molecule has 2 aliphatic carbocycles. The van der Waals surface area contributed by atoms with Gasteiger partial charge in [0.25, 0.3) is 5.56 Å². The Bertz CT molecular complexity index is 1000. The molecule has 0 saturated heterocycles. The number of hydrogen-bond donors (Lipinski definition) is 2. The molecule has 2 fully saturated rings. The first-order chi connectivity index (χ1) is 14.0. The number of H-pyrrole nitrogens is 1. The van der Waals surface area contributed by atoms with Crippen LogP contribution in [-0.2, 0) is 4.79 Å². The second kappa shape index (κ2) is 8.23. The van der Waals surface area contributed by atoms with E-state index in [0.717, 1.165) is 36.8 Å². The molecule has 0 aliphatic heterocycles. The Balaban J connectivity index is 1.69. The minimum Gasteiger partial charge on any atom is -0.479 e. The van der Waals surface area contributed by atoms with Gasteiger partial charge in [-0.25, -0.2) is 9.18 Å². The number of aromatic amines is 1. The van der Waals surface area contributed by atoms with Gasteiger partial charge in [0.15, 0.2) is 18.2 Å². The normalized spacial score (nSPS) is 17.5. The number of halogens is 1. The molecule has 152 valence electrons. The largest absolute Gasteiger partial charge is 0.479 e. The molecule has 5 nitrogen and oxygen atoms in total. The lowest BCUT2D eigenvalue weighted by molar-refractivity contribution is -0.139. The molecule has 2 aromatic rings. The van der Waals surface area contributed by atoms with E-state index < -0.39 is 18.4 Å². The molecule has 0 spiro atoms.